The van der Waals surface area contributed by atoms with Crippen LogP contribution < -0.4 is 14.8 Å². The van der Waals surface area contributed by atoms with Crippen LogP contribution in [0.5, 0.6) is 11.5 Å². The van der Waals surface area contributed by atoms with E-state index in [0.717, 1.165) is 60.3 Å². The first-order chi connectivity index (χ1) is 21.0. The van der Waals surface area contributed by atoms with Gasteiger partial charge in [-0.3, -0.25) is 9.59 Å². The zero-order valence-electron chi connectivity index (χ0n) is 23.9. The number of aromatic nitrogens is 1. The third-order valence-corrected chi connectivity index (χ3v) is 8.90. The van der Waals surface area contributed by atoms with Crippen LogP contribution in [0.3, 0.4) is 0 Å². The zero-order chi connectivity index (χ0) is 29.3. The van der Waals surface area contributed by atoms with Crippen molar-refractivity contribution >= 4 is 34.3 Å². The highest BCUT2D eigenvalue weighted by molar-refractivity contribution is 6.30. The Labute approximate surface area is 255 Å². The molecule has 43 heavy (non-hydrogen) atoms. The van der Waals surface area contributed by atoms with Crippen molar-refractivity contribution < 1.29 is 19.1 Å². The van der Waals surface area contributed by atoms with Crippen LogP contribution in [0.2, 0.25) is 5.02 Å². The first-order valence-electron chi connectivity index (χ1n) is 14.9. The maximum Gasteiger partial charge on any atom is 0.270 e. The number of ether oxygens (including phenoxy) is 2. The minimum absolute atomic E-state index is 0.0521. The molecule has 3 aliphatic heterocycles. The van der Waals surface area contributed by atoms with Gasteiger partial charge in [0, 0.05) is 36.1 Å². The SMILES string of the molecule is O=C(NCc1ccc(Cl)cc1)c1cc(C(=O)N2CCC[C@H]2CN2CCCC2)c2cc(-c3ccc4c(c3)OCO4)ccc2n1. The van der Waals surface area contributed by atoms with Gasteiger partial charge in [-0.2, -0.15) is 0 Å². The van der Waals surface area contributed by atoms with Gasteiger partial charge in [-0.05, 0) is 97.9 Å². The molecule has 0 unspecified atom stereocenters. The fourth-order valence-electron chi connectivity index (χ4n) is 6.36. The third kappa shape index (κ3) is 5.77. The fraction of sp³-hybridized carbons (Fsp3) is 0.324. The van der Waals surface area contributed by atoms with E-state index in [1.165, 1.54) is 12.8 Å². The second-order valence-electron chi connectivity index (χ2n) is 11.5. The number of benzene rings is 3. The van der Waals surface area contributed by atoms with Crippen LogP contribution in [0.25, 0.3) is 22.0 Å². The smallest absolute Gasteiger partial charge is 0.270 e. The highest BCUT2D eigenvalue weighted by Crippen LogP contribution is 2.37. The molecule has 0 aliphatic carbocycles. The average Bonchev–Trinajstić information content (AvgIpc) is 3.82. The normalized spacial score (nSPS) is 18.0. The largest absolute Gasteiger partial charge is 0.454 e. The van der Waals surface area contributed by atoms with E-state index in [4.69, 9.17) is 26.1 Å². The summed E-state index contributed by atoms with van der Waals surface area (Å²) in [4.78, 5) is 36.9. The van der Waals surface area contributed by atoms with E-state index in [2.05, 4.69) is 10.2 Å². The van der Waals surface area contributed by atoms with Crippen molar-refractivity contribution in [3.8, 4) is 22.6 Å². The van der Waals surface area contributed by atoms with Crippen LogP contribution in [-0.2, 0) is 6.54 Å². The Morgan fingerprint density at radius 3 is 2.49 bits per heavy atom. The van der Waals surface area contributed by atoms with E-state index in [-0.39, 0.29) is 30.3 Å². The van der Waals surface area contributed by atoms with Gasteiger partial charge in [0.15, 0.2) is 11.5 Å². The molecule has 0 saturated carbocycles. The van der Waals surface area contributed by atoms with Crippen LogP contribution in [0.4, 0.5) is 0 Å². The van der Waals surface area contributed by atoms with Crippen molar-refractivity contribution in [1.82, 2.24) is 20.1 Å². The lowest BCUT2D eigenvalue weighted by Crippen LogP contribution is -2.42. The molecule has 4 aromatic rings. The van der Waals surface area contributed by atoms with Gasteiger partial charge in [0.25, 0.3) is 11.8 Å². The minimum Gasteiger partial charge on any atom is -0.454 e. The lowest BCUT2D eigenvalue weighted by molar-refractivity contribution is 0.0710. The first-order valence-corrected chi connectivity index (χ1v) is 15.3. The molecule has 220 valence electrons. The van der Waals surface area contributed by atoms with Crippen molar-refractivity contribution in [3.05, 3.63) is 88.6 Å². The number of carbonyl (C=O) groups excluding carboxylic acids is 2. The van der Waals surface area contributed by atoms with Crippen LogP contribution in [0.15, 0.2) is 66.7 Å². The standard InChI is InChI=1S/C34H33ClN4O4/c35-25-9-5-22(6-10-25)19-36-33(40)30-18-28(34(41)39-15-3-4-26(39)20-38-13-1-2-14-38)27-16-23(7-11-29(27)37-30)24-8-12-31-32(17-24)43-21-42-31/h5-12,16-18,26H,1-4,13-15,19-21H2,(H,36,40)/t26-/m0/s1. The maximum absolute atomic E-state index is 14.3. The Morgan fingerprint density at radius 2 is 1.65 bits per heavy atom. The molecule has 4 heterocycles. The molecule has 9 heteroatoms. The molecule has 1 atom stereocenters. The molecule has 7 rings (SSSR count). The molecule has 8 nitrogen and oxygen atoms in total. The highest BCUT2D eigenvalue weighted by Gasteiger charge is 2.33. The number of rotatable bonds is 7. The minimum atomic E-state index is -0.333. The van der Waals surface area contributed by atoms with Crippen molar-refractivity contribution in [2.24, 2.45) is 0 Å². The number of nitrogens with one attached hydrogen (secondary N) is 1. The highest BCUT2D eigenvalue weighted by atomic mass is 35.5. The van der Waals surface area contributed by atoms with Gasteiger partial charge in [-0.25, -0.2) is 4.98 Å². The summed E-state index contributed by atoms with van der Waals surface area (Å²) in [6.07, 6.45) is 4.39. The van der Waals surface area contributed by atoms with Gasteiger partial charge in [0.2, 0.25) is 6.79 Å². The van der Waals surface area contributed by atoms with Crippen LogP contribution in [-0.4, -0.2) is 65.6 Å². The molecule has 3 aromatic carbocycles. The molecule has 0 spiro atoms. The van der Waals surface area contributed by atoms with E-state index >= 15 is 0 Å². The number of hydrogen-bond donors (Lipinski definition) is 1. The van der Waals surface area contributed by atoms with E-state index in [1.807, 2.05) is 53.4 Å². The predicted octanol–water partition coefficient (Wildman–Crippen LogP) is 5.91. The maximum atomic E-state index is 14.3. The molecule has 1 N–H and O–H groups in total. The number of fused-ring (bicyclic) bond motifs is 2. The van der Waals surface area contributed by atoms with Crippen LogP contribution >= 0.6 is 11.6 Å². The summed E-state index contributed by atoms with van der Waals surface area (Å²) in [6, 6.07) is 20.8. The Hall–Kier alpha value is -4.14. The summed E-state index contributed by atoms with van der Waals surface area (Å²) in [6.45, 7) is 4.32. The topological polar surface area (TPSA) is 84.0 Å². The van der Waals surface area contributed by atoms with Crippen LogP contribution in [0.1, 0.15) is 52.1 Å². The predicted molar refractivity (Wildman–Crippen MR) is 166 cm³/mol. The second kappa shape index (κ2) is 11.9. The Morgan fingerprint density at radius 1 is 0.884 bits per heavy atom. The summed E-state index contributed by atoms with van der Waals surface area (Å²) in [5.41, 5.74) is 4.11. The summed E-state index contributed by atoms with van der Waals surface area (Å²) in [5.74, 6) is 1.03. The summed E-state index contributed by atoms with van der Waals surface area (Å²) in [5, 5.41) is 4.31. The first kappa shape index (κ1) is 27.7. The van der Waals surface area contributed by atoms with E-state index in [0.29, 0.717) is 34.9 Å². The van der Waals surface area contributed by atoms with Crippen molar-refractivity contribution in [3.63, 3.8) is 0 Å². The summed E-state index contributed by atoms with van der Waals surface area (Å²) in [7, 11) is 0. The van der Waals surface area contributed by atoms with Crippen molar-refractivity contribution in [2.75, 3.05) is 33.0 Å². The molecule has 2 fully saturated rings. The third-order valence-electron chi connectivity index (χ3n) is 8.65. The van der Waals surface area contributed by atoms with Gasteiger partial charge in [-0.15, -0.1) is 0 Å². The number of likely N-dealkylation sites (tertiary alicyclic amines) is 2. The van der Waals surface area contributed by atoms with Crippen molar-refractivity contribution in [2.45, 2.75) is 38.3 Å². The van der Waals surface area contributed by atoms with Crippen molar-refractivity contribution in [1.29, 1.82) is 0 Å². The Kier molecular flexibility index (Phi) is 7.63. The molecular formula is C34H33ClN4O4. The lowest BCUT2D eigenvalue weighted by atomic mass is 9.99. The quantitative estimate of drug-likeness (QED) is 0.285. The van der Waals surface area contributed by atoms with Gasteiger partial charge >= 0.3 is 0 Å². The number of nitrogens with zero attached hydrogens (tertiary/aromatic N) is 3. The molecule has 3 aliphatic rings. The fourth-order valence-corrected chi connectivity index (χ4v) is 6.49. The second-order valence-corrected chi connectivity index (χ2v) is 11.9. The van der Waals surface area contributed by atoms with Gasteiger partial charge in [0.1, 0.15) is 5.69 Å². The van der Waals surface area contributed by atoms with Gasteiger partial charge in [-0.1, -0.05) is 35.9 Å². The summed E-state index contributed by atoms with van der Waals surface area (Å²) >= 11 is 6.01. The Balaban J connectivity index is 1.24. The van der Waals surface area contributed by atoms with E-state index in [9.17, 15) is 9.59 Å². The molecule has 1 aromatic heterocycles. The van der Waals surface area contributed by atoms with Gasteiger partial charge < -0.3 is 24.6 Å². The Bertz CT molecular complexity index is 1690. The zero-order valence-corrected chi connectivity index (χ0v) is 24.6. The molecule has 0 radical (unpaired) electrons. The number of pyridine rings is 1. The molecular weight excluding hydrogens is 564 g/mol. The van der Waals surface area contributed by atoms with Crippen LogP contribution in [0, 0.1) is 0 Å². The van der Waals surface area contributed by atoms with E-state index < -0.39 is 0 Å². The lowest BCUT2D eigenvalue weighted by Gasteiger charge is -2.29. The number of amides is 2. The number of halogens is 1. The number of hydrogen-bond acceptors (Lipinski definition) is 6. The van der Waals surface area contributed by atoms with Gasteiger partial charge in [0.05, 0.1) is 11.1 Å². The monoisotopic (exact) mass is 596 g/mol. The summed E-state index contributed by atoms with van der Waals surface area (Å²) < 4.78 is 11.1. The average molecular weight is 597 g/mol. The van der Waals surface area contributed by atoms with E-state index in [1.54, 1.807) is 18.2 Å². The molecule has 2 saturated heterocycles. The number of carbonyl (C=O) groups is 2. The molecule has 0 bridgehead atoms. The molecule has 2 amide bonds.